The van der Waals surface area contributed by atoms with Crippen LogP contribution in [0, 0.1) is 26.2 Å². The van der Waals surface area contributed by atoms with Gasteiger partial charge in [-0.2, -0.15) is 0 Å². The number of hydrogen-bond donors (Lipinski definition) is 1. The van der Waals surface area contributed by atoms with Crippen molar-refractivity contribution in [2.75, 3.05) is 0 Å². The molecule has 1 aromatic carbocycles. The molecule has 1 saturated carbocycles. The smallest absolute Gasteiger partial charge is 0.0851 e. The third kappa shape index (κ3) is 2.21. The molecule has 1 aliphatic carbocycles. The zero-order chi connectivity index (χ0) is 13.3. The van der Waals surface area contributed by atoms with Crippen LogP contribution in [0.25, 0.3) is 0 Å². The Labute approximate surface area is 111 Å². The van der Waals surface area contributed by atoms with Gasteiger partial charge in [0.25, 0.3) is 0 Å². The zero-order valence-corrected chi connectivity index (χ0v) is 12.2. The van der Waals surface area contributed by atoms with E-state index in [0.717, 1.165) is 6.42 Å². The lowest BCUT2D eigenvalue weighted by Crippen LogP contribution is -2.26. The molecule has 18 heavy (non-hydrogen) atoms. The minimum Gasteiger partial charge on any atom is -0.388 e. The molecular formula is C17H26O. The molecule has 1 atom stereocenters. The van der Waals surface area contributed by atoms with Crippen LogP contribution in [-0.2, 0) is 0 Å². The third-order valence-electron chi connectivity index (χ3n) is 4.89. The van der Waals surface area contributed by atoms with Crippen molar-refractivity contribution < 1.29 is 5.11 Å². The van der Waals surface area contributed by atoms with E-state index in [1.165, 1.54) is 47.9 Å². The zero-order valence-electron chi connectivity index (χ0n) is 12.2. The molecule has 0 saturated heterocycles. The van der Waals surface area contributed by atoms with E-state index in [1.807, 2.05) is 0 Å². The van der Waals surface area contributed by atoms with Crippen molar-refractivity contribution in [1.82, 2.24) is 0 Å². The van der Waals surface area contributed by atoms with Gasteiger partial charge in [-0.1, -0.05) is 37.5 Å². The predicted octanol–water partition coefficient (Wildman–Crippen LogP) is 4.62. The lowest BCUT2D eigenvalue weighted by Gasteiger charge is -2.35. The fourth-order valence-electron chi connectivity index (χ4n) is 3.83. The van der Waals surface area contributed by atoms with Crippen molar-refractivity contribution >= 4 is 0 Å². The summed E-state index contributed by atoms with van der Waals surface area (Å²) in [7, 11) is 0. The Kier molecular flexibility index (Phi) is 3.82. The van der Waals surface area contributed by atoms with Crippen LogP contribution in [0.2, 0.25) is 0 Å². The average molecular weight is 246 g/mol. The maximum atomic E-state index is 10.9. The van der Waals surface area contributed by atoms with Crippen molar-refractivity contribution in [3.05, 3.63) is 34.4 Å². The maximum absolute atomic E-state index is 10.9. The van der Waals surface area contributed by atoms with Gasteiger partial charge in [0.2, 0.25) is 0 Å². The highest BCUT2D eigenvalue weighted by atomic mass is 16.3. The SMILES string of the molecule is CCC1(C(O)c2c(C)cc(C)cc2C)CCCC1. The van der Waals surface area contributed by atoms with Crippen molar-refractivity contribution in [3.8, 4) is 0 Å². The lowest BCUT2D eigenvalue weighted by molar-refractivity contribution is 0.0228. The van der Waals surface area contributed by atoms with Gasteiger partial charge >= 0.3 is 0 Å². The van der Waals surface area contributed by atoms with Gasteiger partial charge in [0, 0.05) is 5.41 Å². The number of benzene rings is 1. The summed E-state index contributed by atoms with van der Waals surface area (Å²) >= 11 is 0. The molecule has 0 amide bonds. The Bertz CT molecular complexity index is 404. The third-order valence-corrected chi connectivity index (χ3v) is 4.89. The highest BCUT2D eigenvalue weighted by Crippen LogP contribution is 2.51. The van der Waals surface area contributed by atoms with Crippen LogP contribution in [0.1, 0.15) is 67.4 Å². The average Bonchev–Trinajstić information content (AvgIpc) is 2.77. The quantitative estimate of drug-likeness (QED) is 0.825. The van der Waals surface area contributed by atoms with Gasteiger partial charge in [0.05, 0.1) is 6.10 Å². The van der Waals surface area contributed by atoms with E-state index in [1.54, 1.807) is 0 Å². The molecule has 0 spiro atoms. The first-order chi connectivity index (χ1) is 8.50. The summed E-state index contributed by atoms with van der Waals surface area (Å²) in [6, 6.07) is 4.40. The Hall–Kier alpha value is -0.820. The summed E-state index contributed by atoms with van der Waals surface area (Å²) in [5.41, 5.74) is 5.10. The molecule has 1 unspecified atom stereocenters. The molecule has 1 heteroatoms. The van der Waals surface area contributed by atoms with Gasteiger partial charge < -0.3 is 5.11 Å². The monoisotopic (exact) mass is 246 g/mol. The molecule has 0 aromatic heterocycles. The van der Waals surface area contributed by atoms with Crippen molar-refractivity contribution in [2.24, 2.45) is 5.41 Å². The molecule has 0 bridgehead atoms. The first kappa shape index (κ1) is 13.6. The van der Waals surface area contributed by atoms with Gasteiger partial charge in [-0.15, -0.1) is 0 Å². The normalized spacial score (nSPS) is 20.1. The summed E-state index contributed by atoms with van der Waals surface area (Å²) in [6.07, 6.45) is 5.70. The molecule has 1 N–H and O–H groups in total. The van der Waals surface area contributed by atoms with Crippen LogP contribution in [-0.4, -0.2) is 5.11 Å². The van der Waals surface area contributed by atoms with Crippen LogP contribution < -0.4 is 0 Å². The van der Waals surface area contributed by atoms with Crippen LogP contribution in [0.5, 0.6) is 0 Å². The number of aliphatic hydroxyl groups excluding tert-OH is 1. The van der Waals surface area contributed by atoms with E-state index in [9.17, 15) is 5.11 Å². The van der Waals surface area contributed by atoms with Crippen LogP contribution in [0.15, 0.2) is 12.1 Å². The van der Waals surface area contributed by atoms with Crippen molar-refractivity contribution in [2.45, 2.75) is 65.9 Å². The van der Waals surface area contributed by atoms with E-state index in [-0.39, 0.29) is 11.5 Å². The molecule has 1 fully saturated rings. The van der Waals surface area contributed by atoms with E-state index >= 15 is 0 Å². The molecular weight excluding hydrogens is 220 g/mol. The second-order valence-electron chi connectivity index (χ2n) is 6.14. The largest absolute Gasteiger partial charge is 0.388 e. The number of aliphatic hydroxyl groups is 1. The molecule has 1 aliphatic rings. The number of rotatable bonds is 3. The topological polar surface area (TPSA) is 20.2 Å². The van der Waals surface area contributed by atoms with Crippen LogP contribution >= 0.6 is 0 Å². The molecule has 2 rings (SSSR count). The predicted molar refractivity (Wildman–Crippen MR) is 76.8 cm³/mol. The highest BCUT2D eigenvalue weighted by Gasteiger charge is 2.40. The summed E-state index contributed by atoms with van der Waals surface area (Å²) in [5, 5.41) is 10.9. The fraction of sp³-hybridized carbons (Fsp3) is 0.647. The molecule has 100 valence electrons. The molecule has 1 nitrogen and oxygen atoms in total. The Morgan fingerprint density at radius 2 is 1.61 bits per heavy atom. The first-order valence-corrected chi connectivity index (χ1v) is 7.26. The molecule has 0 aliphatic heterocycles. The lowest BCUT2D eigenvalue weighted by atomic mass is 9.73. The minimum atomic E-state index is -0.286. The number of hydrogen-bond acceptors (Lipinski definition) is 1. The second kappa shape index (κ2) is 5.05. The summed E-state index contributed by atoms with van der Waals surface area (Å²) in [5.74, 6) is 0. The Morgan fingerprint density at radius 3 is 2.06 bits per heavy atom. The van der Waals surface area contributed by atoms with E-state index in [4.69, 9.17) is 0 Å². The minimum absolute atomic E-state index is 0.130. The van der Waals surface area contributed by atoms with E-state index < -0.39 is 0 Å². The van der Waals surface area contributed by atoms with Crippen molar-refractivity contribution in [1.29, 1.82) is 0 Å². The summed E-state index contributed by atoms with van der Waals surface area (Å²) in [6.45, 7) is 8.63. The second-order valence-corrected chi connectivity index (χ2v) is 6.14. The first-order valence-electron chi connectivity index (χ1n) is 7.26. The van der Waals surface area contributed by atoms with Gasteiger partial charge in [-0.3, -0.25) is 0 Å². The maximum Gasteiger partial charge on any atom is 0.0851 e. The van der Waals surface area contributed by atoms with E-state index in [0.29, 0.717) is 0 Å². The van der Waals surface area contributed by atoms with Crippen molar-refractivity contribution in [3.63, 3.8) is 0 Å². The summed E-state index contributed by atoms with van der Waals surface area (Å²) in [4.78, 5) is 0. The molecule has 1 aromatic rings. The van der Waals surface area contributed by atoms with Crippen LogP contribution in [0.3, 0.4) is 0 Å². The molecule has 0 heterocycles. The van der Waals surface area contributed by atoms with Gasteiger partial charge in [0.15, 0.2) is 0 Å². The van der Waals surface area contributed by atoms with Crippen LogP contribution in [0.4, 0.5) is 0 Å². The molecule has 0 radical (unpaired) electrons. The summed E-state index contributed by atoms with van der Waals surface area (Å²) < 4.78 is 0. The number of aryl methyl sites for hydroxylation is 3. The Morgan fingerprint density at radius 1 is 1.11 bits per heavy atom. The van der Waals surface area contributed by atoms with Gasteiger partial charge in [-0.05, 0) is 56.7 Å². The fourth-order valence-corrected chi connectivity index (χ4v) is 3.83. The highest BCUT2D eigenvalue weighted by molar-refractivity contribution is 5.40. The Balaban J connectivity index is 2.42. The van der Waals surface area contributed by atoms with Gasteiger partial charge in [-0.25, -0.2) is 0 Å². The van der Waals surface area contributed by atoms with Gasteiger partial charge in [0.1, 0.15) is 0 Å². The standard InChI is InChI=1S/C17H26O/c1-5-17(8-6-7-9-17)16(18)15-13(3)10-12(2)11-14(15)4/h10-11,16,18H,5-9H2,1-4H3. The van der Waals surface area contributed by atoms with E-state index in [2.05, 4.69) is 39.8 Å².